The molecule has 0 aliphatic rings. The Morgan fingerprint density at radius 1 is 1.24 bits per heavy atom. The highest BCUT2D eigenvalue weighted by Gasteiger charge is 2.20. The van der Waals surface area contributed by atoms with E-state index in [-0.39, 0.29) is 21.4 Å². The van der Waals surface area contributed by atoms with Crippen molar-refractivity contribution in [2.24, 2.45) is 0 Å². The molecule has 0 spiro atoms. The van der Waals surface area contributed by atoms with E-state index in [1.807, 2.05) is 0 Å². The molecule has 0 amide bonds. The first kappa shape index (κ1) is 15.4. The zero-order valence-electron chi connectivity index (χ0n) is 10.9. The highest BCUT2D eigenvalue weighted by Crippen LogP contribution is 2.30. The van der Waals surface area contributed by atoms with Crippen LogP contribution in [0.3, 0.4) is 0 Å². The predicted molar refractivity (Wildman–Crippen MR) is 79.6 cm³/mol. The molecule has 112 valence electrons. The maximum Gasteiger partial charge on any atom is 0.263 e. The van der Waals surface area contributed by atoms with E-state index in [4.69, 9.17) is 22.1 Å². The molecule has 0 aromatic heterocycles. The van der Waals surface area contributed by atoms with E-state index in [0.717, 1.165) is 12.1 Å². The van der Waals surface area contributed by atoms with Crippen molar-refractivity contribution in [2.45, 2.75) is 4.90 Å². The molecular weight excluding hydrogens is 319 g/mol. The number of nitrogens with two attached hydrogens (primary N) is 1. The fourth-order valence-corrected chi connectivity index (χ4v) is 3.26. The van der Waals surface area contributed by atoms with Crippen molar-refractivity contribution in [1.29, 1.82) is 0 Å². The Hall–Kier alpha value is -1.99. The summed E-state index contributed by atoms with van der Waals surface area (Å²) in [5, 5.41) is -0.0849. The largest absolute Gasteiger partial charge is 0.494 e. The number of nitrogens with one attached hydrogen (secondary N) is 1. The van der Waals surface area contributed by atoms with Crippen LogP contribution in [-0.4, -0.2) is 15.5 Å². The monoisotopic (exact) mass is 330 g/mol. The van der Waals surface area contributed by atoms with E-state index in [1.54, 1.807) is 0 Å². The molecule has 8 heteroatoms. The van der Waals surface area contributed by atoms with Gasteiger partial charge >= 0.3 is 0 Å². The van der Waals surface area contributed by atoms with Gasteiger partial charge in [0.1, 0.15) is 16.5 Å². The van der Waals surface area contributed by atoms with E-state index < -0.39 is 15.8 Å². The molecule has 0 atom stereocenters. The summed E-state index contributed by atoms with van der Waals surface area (Å²) in [5.74, 6) is -0.463. The van der Waals surface area contributed by atoms with Crippen LogP contribution in [0.2, 0.25) is 5.02 Å². The molecule has 0 aliphatic carbocycles. The number of ether oxygens (including phenoxy) is 1. The highest BCUT2D eigenvalue weighted by atomic mass is 35.5. The Labute approximate surface area is 126 Å². The summed E-state index contributed by atoms with van der Waals surface area (Å²) in [6.07, 6.45) is 0. The van der Waals surface area contributed by atoms with Crippen LogP contribution in [0.1, 0.15) is 0 Å². The standard InChI is InChI=1S/C13H12ClFN2O3S/c1-20-12-7-9(16)3-5-11(12)17-21(18,19)13-6-8(15)2-4-10(13)14/h2-7,17H,16H2,1H3. The lowest BCUT2D eigenvalue weighted by atomic mass is 10.2. The van der Waals surface area contributed by atoms with Crippen LogP contribution < -0.4 is 15.2 Å². The molecule has 0 unspecified atom stereocenters. The van der Waals surface area contributed by atoms with Crippen molar-refractivity contribution >= 4 is 33.0 Å². The summed E-state index contributed by atoms with van der Waals surface area (Å²) >= 11 is 5.81. The van der Waals surface area contributed by atoms with E-state index in [1.165, 1.54) is 31.4 Å². The number of halogens is 2. The van der Waals surface area contributed by atoms with Gasteiger partial charge in [0.15, 0.2) is 0 Å². The summed E-state index contributed by atoms with van der Waals surface area (Å²) in [6, 6.07) is 7.50. The summed E-state index contributed by atoms with van der Waals surface area (Å²) in [5.41, 5.74) is 6.18. The van der Waals surface area contributed by atoms with Gasteiger partial charge in [-0.3, -0.25) is 4.72 Å². The molecule has 0 saturated heterocycles. The third kappa shape index (κ3) is 3.37. The van der Waals surface area contributed by atoms with Crippen LogP contribution in [0.25, 0.3) is 0 Å². The number of sulfonamides is 1. The summed E-state index contributed by atoms with van der Waals surface area (Å²) in [7, 11) is -2.68. The molecule has 2 rings (SSSR count). The summed E-state index contributed by atoms with van der Waals surface area (Å²) < 4.78 is 45.1. The first-order valence-electron chi connectivity index (χ1n) is 5.75. The molecule has 0 bridgehead atoms. The second kappa shape index (κ2) is 5.79. The normalized spacial score (nSPS) is 11.2. The lowest BCUT2D eigenvalue weighted by Gasteiger charge is -2.13. The Morgan fingerprint density at radius 3 is 2.62 bits per heavy atom. The molecule has 0 radical (unpaired) electrons. The second-order valence-electron chi connectivity index (χ2n) is 4.14. The van der Waals surface area contributed by atoms with Crippen molar-refractivity contribution in [3.05, 3.63) is 47.2 Å². The smallest absolute Gasteiger partial charge is 0.263 e. The maximum absolute atomic E-state index is 13.2. The van der Waals surface area contributed by atoms with Crippen LogP contribution in [0.5, 0.6) is 5.75 Å². The highest BCUT2D eigenvalue weighted by molar-refractivity contribution is 7.92. The maximum atomic E-state index is 13.2. The topological polar surface area (TPSA) is 81.4 Å². The summed E-state index contributed by atoms with van der Waals surface area (Å²) in [6.45, 7) is 0. The lowest BCUT2D eigenvalue weighted by molar-refractivity contribution is 0.417. The number of hydrogen-bond acceptors (Lipinski definition) is 4. The number of anilines is 2. The van der Waals surface area contributed by atoms with Crippen LogP contribution >= 0.6 is 11.6 Å². The van der Waals surface area contributed by atoms with Gasteiger partial charge in [0.25, 0.3) is 10.0 Å². The average molecular weight is 331 g/mol. The minimum Gasteiger partial charge on any atom is -0.494 e. The van der Waals surface area contributed by atoms with Gasteiger partial charge in [0.2, 0.25) is 0 Å². The Kier molecular flexibility index (Phi) is 4.24. The van der Waals surface area contributed by atoms with Crippen LogP contribution in [0, 0.1) is 5.82 Å². The Balaban J connectivity index is 2.45. The van der Waals surface area contributed by atoms with E-state index in [2.05, 4.69) is 4.72 Å². The number of nitrogen functional groups attached to an aromatic ring is 1. The summed E-state index contributed by atoms with van der Waals surface area (Å²) in [4.78, 5) is -0.358. The van der Waals surface area contributed by atoms with Gasteiger partial charge in [-0.25, -0.2) is 12.8 Å². The number of rotatable bonds is 4. The molecule has 2 aromatic carbocycles. The molecule has 0 aliphatic heterocycles. The third-order valence-electron chi connectivity index (χ3n) is 2.65. The molecule has 0 saturated carbocycles. The fraction of sp³-hybridized carbons (Fsp3) is 0.0769. The van der Waals surface area contributed by atoms with Crippen molar-refractivity contribution in [3.8, 4) is 5.75 Å². The lowest BCUT2D eigenvalue weighted by Crippen LogP contribution is -2.14. The molecule has 0 heterocycles. The van der Waals surface area contributed by atoms with Gasteiger partial charge < -0.3 is 10.5 Å². The van der Waals surface area contributed by atoms with Crippen molar-refractivity contribution < 1.29 is 17.5 Å². The number of hydrogen-bond donors (Lipinski definition) is 2. The molecule has 21 heavy (non-hydrogen) atoms. The van der Waals surface area contributed by atoms with Crippen LogP contribution in [0.4, 0.5) is 15.8 Å². The minimum atomic E-state index is -4.05. The average Bonchev–Trinajstić information content (AvgIpc) is 2.43. The van der Waals surface area contributed by atoms with Crippen LogP contribution in [-0.2, 0) is 10.0 Å². The predicted octanol–water partition coefficient (Wildman–Crippen LogP) is 2.87. The van der Waals surface area contributed by atoms with E-state index >= 15 is 0 Å². The zero-order chi connectivity index (χ0) is 15.6. The van der Waals surface area contributed by atoms with Gasteiger partial charge in [-0.1, -0.05) is 11.6 Å². The Bertz CT molecular complexity index is 781. The second-order valence-corrected chi connectivity index (χ2v) is 6.20. The zero-order valence-corrected chi connectivity index (χ0v) is 12.5. The molecular formula is C13H12ClFN2O3S. The van der Waals surface area contributed by atoms with Gasteiger partial charge in [-0.15, -0.1) is 0 Å². The van der Waals surface area contributed by atoms with Gasteiger partial charge in [-0.2, -0.15) is 0 Å². The number of benzene rings is 2. The van der Waals surface area contributed by atoms with Crippen molar-refractivity contribution in [2.75, 3.05) is 17.6 Å². The Morgan fingerprint density at radius 2 is 1.95 bits per heavy atom. The molecule has 2 aromatic rings. The van der Waals surface area contributed by atoms with Crippen molar-refractivity contribution in [1.82, 2.24) is 0 Å². The van der Waals surface area contributed by atoms with Crippen LogP contribution in [0.15, 0.2) is 41.3 Å². The molecule has 5 nitrogen and oxygen atoms in total. The first-order valence-corrected chi connectivity index (χ1v) is 7.61. The van der Waals surface area contributed by atoms with E-state index in [9.17, 15) is 12.8 Å². The third-order valence-corrected chi connectivity index (χ3v) is 4.50. The molecule has 0 fully saturated rings. The fourth-order valence-electron chi connectivity index (χ4n) is 1.67. The minimum absolute atomic E-state index is 0.0849. The van der Waals surface area contributed by atoms with Gasteiger partial charge in [-0.05, 0) is 30.3 Å². The number of methoxy groups -OCH3 is 1. The van der Waals surface area contributed by atoms with E-state index in [0.29, 0.717) is 5.69 Å². The van der Waals surface area contributed by atoms with Gasteiger partial charge in [0, 0.05) is 11.8 Å². The van der Waals surface area contributed by atoms with Gasteiger partial charge in [0.05, 0.1) is 17.8 Å². The van der Waals surface area contributed by atoms with Crippen molar-refractivity contribution in [3.63, 3.8) is 0 Å². The first-order chi connectivity index (χ1) is 9.83. The quantitative estimate of drug-likeness (QED) is 0.845. The molecule has 3 N–H and O–H groups in total. The SMILES string of the molecule is COc1cc(N)ccc1NS(=O)(=O)c1cc(F)ccc1Cl.